The van der Waals surface area contributed by atoms with Gasteiger partial charge in [-0.1, -0.05) is 24.6 Å². The molecule has 1 aliphatic carbocycles. The summed E-state index contributed by atoms with van der Waals surface area (Å²) in [5, 5.41) is 0. The minimum Gasteiger partial charge on any atom is -0.498 e. The van der Waals surface area contributed by atoms with E-state index in [1.807, 2.05) is 33.8 Å². The van der Waals surface area contributed by atoms with Crippen LogP contribution in [0.4, 0.5) is 0 Å². The van der Waals surface area contributed by atoms with Crippen molar-refractivity contribution < 1.29 is 23.7 Å². The Morgan fingerprint density at radius 3 is 2.20 bits per heavy atom. The Kier molecular flexibility index (Phi) is 9.52. The van der Waals surface area contributed by atoms with E-state index in [0.29, 0.717) is 49.2 Å². The summed E-state index contributed by atoms with van der Waals surface area (Å²) in [5.74, 6) is 2.11. The number of rotatable bonds is 12. The van der Waals surface area contributed by atoms with E-state index in [0.717, 1.165) is 18.6 Å². The van der Waals surface area contributed by atoms with Crippen molar-refractivity contribution in [2.45, 2.75) is 47.5 Å². The third-order valence-corrected chi connectivity index (χ3v) is 4.75. The topological polar surface area (TPSA) is 54.0 Å². The fraction of sp³-hybridized carbons (Fsp3) is 0.480. The number of hydrogen-bond donors (Lipinski definition) is 0. The molecule has 0 amide bonds. The molecule has 1 unspecified atom stereocenters. The molecule has 0 spiro atoms. The zero-order valence-electron chi connectivity index (χ0n) is 18.8. The Morgan fingerprint density at radius 2 is 1.57 bits per heavy atom. The van der Waals surface area contributed by atoms with Crippen LogP contribution in [0.2, 0.25) is 0 Å². The molecule has 1 atom stereocenters. The molecule has 164 valence electrons. The first-order chi connectivity index (χ1) is 14.6. The van der Waals surface area contributed by atoms with Gasteiger partial charge in [0.2, 0.25) is 0 Å². The molecule has 0 aliphatic heterocycles. The maximum absolute atomic E-state index is 13.3. The van der Waals surface area contributed by atoms with E-state index in [9.17, 15) is 4.79 Å². The molecule has 0 aromatic heterocycles. The van der Waals surface area contributed by atoms with Crippen LogP contribution in [-0.2, 0) is 4.74 Å². The highest BCUT2D eigenvalue weighted by Crippen LogP contribution is 2.39. The minimum absolute atomic E-state index is 0.0567. The van der Waals surface area contributed by atoms with Crippen LogP contribution < -0.4 is 14.2 Å². The van der Waals surface area contributed by atoms with Crippen LogP contribution in [0.3, 0.4) is 0 Å². The maximum atomic E-state index is 13.3. The van der Waals surface area contributed by atoms with E-state index in [2.05, 4.69) is 19.1 Å². The van der Waals surface area contributed by atoms with Gasteiger partial charge in [0.1, 0.15) is 17.1 Å². The molecule has 1 aromatic rings. The molecule has 2 rings (SSSR count). The van der Waals surface area contributed by atoms with Crippen LogP contribution >= 0.6 is 0 Å². The second-order valence-corrected chi connectivity index (χ2v) is 6.74. The Hall–Kier alpha value is -2.69. The SMILES string of the molecule is CCOC1=CCC(CC)=CC1/C=C\C(=O)c1c(OCC)ccc(OCC)c1OCC. The summed E-state index contributed by atoms with van der Waals surface area (Å²) in [5.41, 5.74) is 1.72. The number of allylic oxidation sites excluding steroid dienone is 4. The van der Waals surface area contributed by atoms with Gasteiger partial charge < -0.3 is 18.9 Å². The lowest BCUT2D eigenvalue weighted by Gasteiger charge is -2.20. The Bertz CT molecular complexity index is 804. The molecule has 0 saturated heterocycles. The average Bonchev–Trinajstić information content (AvgIpc) is 2.75. The van der Waals surface area contributed by atoms with E-state index in [4.69, 9.17) is 18.9 Å². The van der Waals surface area contributed by atoms with Gasteiger partial charge in [-0.2, -0.15) is 0 Å². The van der Waals surface area contributed by atoms with Crippen LogP contribution in [0.25, 0.3) is 0 Å². The molecule has 0 radical (unpaired) electrons. The molecule has 5 nitrogen and oxygen atoms in total. The van der Waals surface area contributed by atoms with E-state index in [1.165, 1.54) is 5.57 Å². The van der Waals surface area contributed by atoms with Crippen molar-refractivity contribution in [3.8, 4) is 17.2 Å². The van der Waals surface area contributed by atoms with E-state index >= 15 is 0 Å². The van der Waals surface area contributed by atoms with E-state index in [1.54, 1.807) is 18.2 Å². The number of ether oxygens (including phenoxy) is 4. The number of carbonyl (C=O) groups is 1. The van der Waals surface area contributed by atoms with Crippen LogP contribution in [-0.4, -0.2) is 32.2 Å². The monoisotopic (exact) mass is 414 g/mol. The largest absolute Gasteiger partial charge is 0.498 e. The zero-order chi connectivity index (χ0) is 21.9. The highest BCUT2D eigenvalue weighted by atomic mass is 16.5. The maximum Gasteiger partial charge on any atom is 0.193 e. The van der Waals surface area contributed by atoms with Crippen molar-refractivity contribution in [3.63, 3.8) is 0 Å². The van der Waals surface area contributed by atoms with Gasteiger partial charge in [0.25, 0.3) is 0 Å². The number of ketones is 1. The lowest BCUT2D eigenvalue weighted by atomic mass is 9.92. The molecule has 1 aliphatic rings. The summed E-state index contributed by atoms with van der Waals surface area (Å²) in [6, 6.07) is 3.55. The Balaban J connectivity index is 2.42. The average molecular weight is 415 g/mol. The first-order valence-electron chi connectivity index (χ1n) is 10.9. The predicted molar refractivity (Wildman–Crippen MR) is 120 cm³/mol. The lowest BCUT2D eigenvalue weighted by molar-refractivity contribution is 0.103. The fourth-order valence-electron chi connectivity index (χ4n) is 3.39. The summed E-state index contributed by atoms with van der Waals surface area (Å²) >= 11 is 0. The highest BCUT2D eigenvalue weighted by Gasteiger charge is 2.23. The highest BCUT2D eigenvalue weighted by molar-refractivity contribution is 6.09. The van der Waals surface area contributed by atoms with Gasteiger partial charge in [-0.05, 0) is 64.8 Å². The van der Waals surface area contributed by atoms with Gasteiger partial charge in [0.05, 0.1) is 32.3 Å². The predicted octanol–water partition coefficient (Wildman–Crippen LogP) is 5.90. The molecule has 0 bridgehead atoms. The molecular weight excluding hydrogens is 380 g/mol. The normalized spacial score (nSPS) is 16.1. The fourth-order valence-corrected chi connectivity index (χ4v) is 3.39. The third-order valence-electron chi connectivity index (χ3n) is 4.75. The quantitative estimate of drug-likeness (QED) is 0.242. The van der Waals surface area contributed by atoms with Crippen molar-refractivity contribution in [1.82, 2.24) is 0 Å². The molecule has 30 heavy (non-hydrogen) atoms. The van der Waals surface area contributed by atoms with Crippen LogP contribution in [0.15, 0.2) is 47.8 Å². The molecule has 1 aromatic carbocycles. The minimum atomic E-state index is -0.184. The second-order valence-electron chi connectivity index (χ2n) is 6.74. The summed E-state index contributed by atoms with van der Waals surface area (Å²) in [7, 11) is 0. The van der Waals surface area contributed by atoms with Crippen molar-refractivity contribution in [3.05, 3.63) is 53.3 Å². The Morgan fingerprint density at radius 1 is 0.933 bits per heavy atom. The smallest absolute Gasteiger partial charge is 0.193 e. The number of benzene rings is 1. The van der Waals surface area contributed by atoms with Crippen molar-refractivity contribution >= 4 is 5.78 Å². The van der Waals surface area contributed by atoms with Gasteiger partial charge in [-0.25, -0.2) is 0 Å². The van der Waals surface area contributed by atoms with Crippen LogP contribution in [0.1, 0.15) is 57.8 Å². The number of hydrogen-bond acceptors (Lipinski definition) is 5. The van der Waals surface area contributed by atoms with Gasteiger partial charge >= 0.3 is 0 Å². The van der Waals surface area contributed by atoms with Gasteiger partial charge in [-0.3, -0.25) is 4.79 Å². The van der Waals surface area contributed by atoms with E-state index < -0.39 is 0 Å². The molecule has 5 heteroatoms. The first-order valence-corrected chi connectivity index (χ1v) is 10.9. The molecule has 0 saturated carbocycles. The van der Waals surface area contributed by atoms with Crippen LogP contribution in [0.5, 0.6) is 17.2 Å². The summed E-state index contributed by atoms with van der Waals surface area (Å²) in [6.45, 7) is 11.7. The molecule has 0 heterocycles. The van der Waals surface area contributed by atoms with Crippen LogP contribution in [0, 0.1) is 5.92 Å². The third kappa shape index (κ3) is 5.91. The lowest BCUT2D eigenvalue weighted by Crippen LogP contribution is -2.10. The molecular formula is C25H34O5. The van der Waals surface area contributed by atoms with Crippen molar-refractivity contribution in [2.24, 2.45) is 5.92 Å². The molecule has 0 N–H and O–H groups in total. The summed E-state index contributed by atoms with van der Waals surface area (Å²) in [4.78, 5) is 13.3. The van der Waals surface area contributed by atoms with Gasteiger partial charge in [0, 0.05) is 0 Å². The van der Waals surface area contributed by atoms with Crippen molar-refractivity contribution in [2.75, 3.05) is 26.4 Å². The number of carbonyl (C=O) groups excluding carboxylic acids is 1. The summed E-state index contributed by atoms with van der Waals surface area (Å²) < 4.78 is 23.0. The standard InChI is InChI=1S/C25H34O5/c1-6-18-11-14-21(27-7-2)19(17-18)12-13-20(26)24-22(28-8-3)15-16-23(29-9-4)25(24)30-10-5/h12-17,19H,6-11H2,1-5H3/b13-12-. The zero-order valence-corrected chi connectivity index (χ0v) is 18.8. The Labute approximate surface area is 180 Å². The summed E-state index contributed by atoms with van der Waals surface area (Å²) in [6.07, 6.45) is 9.63. The van der Waals surface area contributed by atoms with Gasteiger partial charge in [-0.15, -0.1) is 0 Å². The van der Waals surface area contributed by atoms with Gasteiger partial charge in [0.15, 0.2) is 17.3 Å². The second kappa shape index (κ2) is 12.1. The van der Waals surface area contributed by atoms with Crippen molar-refractivity contribution in [1.29, 1.82) is 0 Å². The van der Waals surface area contributed by atoms with E-state index in [-0.39, 0.29) is 11.7 Å². The first kappa shape index (κ1) is 23.6. The molecule has 0 fully saturated rings.